The molecule has 1 heterocycles. The second-order valence-electron chi connectivity index (χ2n) is 4.22. The maximum atomic E-state index is 11.9. The molecule has 98 valence electrons. The van der Waals surface area contributed by atoms with Gasteiger partial charge in [0.1, 0.15) is 6.04 Å². The van der Waals surface area contributed by atoms with Crippen LogP contribution in [0.3, 0.4) is 0 Å². The van der Waals surface area contributed by atoms with Gasteiger partial charge in [0, 0.05) is 6.54 Å². The van der Waals surface area contributed by atoms with Gasteiger partial charge in [0.05, 0.1) is 5.92 Å². The van der Waals surface area contributed by atoms with Gasteiger partial charge in [-0.2, -0.15) is 11.8 Å². The molecule has 1 amide bonds. The number of rotatable bonds is 6. The van der Waals surface area contributed by atoms with E-state index in [9.17, 15) is 9.59 Å². The fourth-order valence-electron chi connectivity index (χ4n) is 1.86. The van der Waals surface area contributed by atoms with E-state index in [4.69, 9.17) is 5.11 Å². The lowest BCUT2D eigenvalue weighted by Gasteiger charge is -2.23. The standard InChI is InChI=1S/C11H20N2O3S/c1-17-6-4-9(11(15)16)13-10(14)8-3-2-5-12-7-8/h8-9,12H,2-7H2,1H3,(H,13,14)(H,15,16)/t8-,9+/m0/s1. The number of carboxylic acid groups (broad SMARTS) is 1. The first kappa shape index (κ1) is 14.3. The first-order chi connectivity index (χ1) is 8.15. The maximum Gasteiger partial charge on any atom is 0.326 e. The molecule has 1 saturated heterocycles. The summed E-state index contributed by atoms with van der Waals surface area (Å²) in [4.78, 5) is 22.8. The molecule has 0 aromatic carbocycles. The summed E-state index contributed by atoms with van der Waals surface area (Å²) < 4.78 is 0. The van der Waals surface area contributed by atoms with Crippen LogP contribution in [-0.4, -0.2) is 48.1 Å². The Bertz CT molecular complexity index is 267. The van der Waals surface area contributed by atoms with Crippen molar-refractivity contribution in [2.24, 2.45) is 5.92 Å². The second-order valence-corrected chi connectivity index (χ2v) is 5.21. The molecule has 0 saturated carbocycles. The Hall–Kier alpha value is -0.750. The van der Waals surface area contributed by atoms with Crippen molar-refractivity contribution in [2.75, 3.05) is 25.1 Å². The predicted octanol–water partition coefficient (Wildman–Crippen LogP) is 0.309. The van der Waals surface area contributed by atoms with Crippen LogP contribution in [0.4, 0.5) is 0 Å². The Morgan fingerprint density at radius 2 is 2.35 bits per heavy atom. The lowest BCUT2D eigenvalue weighted by atomic mass is 9.98. The van der Waals surface area contributed by atoms with Crippen molar-refractivity contribution in [3.63, 3.8) is 0 Å². The van der Waals surface area contributed by atoms with E-state index in [0.717, 1.165) is 25.1 Å². The lowest BCUT2D eigenvalue weighted by molar-refractivity contribution is -0.142. The van der Waals surface area contributed by atoms with Crippen molar-refractivity contribution < 1.29 is 14.7 Å². The molecule has 0 unspecified atom stereocenters. The molecule has 5 nitrogen and oxygen atoms in total. The van der Waals surface area contributed by atoms with Crippen molar-refractivity contribution in [1.29, 1.82) is 0 Å². The number of thioether (sulfide) groups is 1. The molecule has 1 aliphatic rings. The van der Waals surface area contributed by atoms with Gasteiger partial charge in [0.15, 0.2) is 0 Å². The molecular formula is C11H20N2O3S. The molecule has 17 heavy (non-hydrogen) atoms. The number of nitrogens with one attached hydrogen (secondary N) is 2. The third kappa shape index (κ3) is 4.95. The Kier molecular flexibility index (Phi) is 6.36. The van der Waals surface area contributed by atoms with Crippen molar-refractivity contribution in [3.8, 4) is 0 Å². The molecule has 0 bridgehead atoms. The van der Waals surface area contributed by atoms with Gasteiger partial charge >= 0.3 is 5.97 Å². The highest BCUT2D eigenvalue weighted by Gasteiger charge is 2.25. The average Bonchev–Trinajstić information content (AvgIpc) is 2.35. The zero-order chi connectivity index (χ0) is 12.7. The fraction of sp³-hybridized carbons (Fsp3) is 0.818. The monoisotopic (exact) mass is 260 g/mol. The number of hydrogen-bond donors (Lipinski definition) is 3. The number of amides is 1. The van der Waals surface area contributed by atoms with Crippen LogP contribution < -0.4 is 10.6 Å². The van der Waals surface area contributed by atoms with Gasteiger partial charge in [-0.25, -0.2) is 4.79 Å². The zero-order valence-corrected chi connectivity index (χ0v) is 10.9. The SMILES string of the molecule is CSCC[C@@H](NC(=O)[C@H]1CCCNC1)C(=O)O. The summed E-state index contributed by atoms with van der Waals surface area (Å²) in [6.45, 7) is 1.60. The molecule has 2 atom stereocenters. The van der Waals surface area contributed by atoms with E-state index in [-0.39, 0.29) is 11.8 Å². The van der Waals surface area contributed by atoms with Crippen molar-refractivity contribution in [2.45, 2.75) is 25.3 Å². The molecule has 3 N–H and O–H groups in total. The molecule has 1 rings (SSSR count). The largest absolute Gasteiger partial charge is 0.480 e. The fourth-order valence-corrected chi connectivity index (χ4v) is 2.33. The molecular weight excluding hydrogens is 240 g/mol. The normalized spacial score (nSPS) is 21.8. The minimum Gasteiger partial charge on any atom is -0.480 e. The van der Waals surface area contributed by atoms with Crippen LogP contribution in [0.2, 0.25) is 0 Å². The van der Waals surface area contributed by atoms with Crippen molar-refractivity contribution >= 4 is 23.6 Å². The zero-order valence-electron chi connectivity index (χ0n) is 10.1. The summed E-state index contributed by atoms with van der Waals surface area (Å²) in [6, 6.07) is -0.753. The molecule has 1 aliphatic heterocycles. The summed E-state index contributed by atoms with van der Waals surface area (Å²) in [5.41, 5.74) is 0. The van der Waals surface area contributed by atoms with Crippen molar-refractivity contribution in [1.82, 2.24) is 10.6 Å². The molecule has 0 aromatic rings. The second kappa shape index (κ2) is 7.55. The van der Waals surface area contributed by atoms with Gasteiger partial charge in [0.2, 0.25) is 5.91 Å². The highest BCUT2D eigenvalue weighted by molar-refractivity contribution is 7.98. The van der Waals surface area contributed by atoms with Crippen LogP contribution in [-0.2, 0) is 9.59 Å². The highest BCUT2D eigenvalue weighted by Crippen LogP contribution is 2.11. The number of carbonyl (C=O) groups excluding carboxylic acids is 1. The maximum absolute atomic E-state index is 11.9. The Morgan fingerprint density at radius 1 is 1.59 bits per heavy atom. The molecule has 6 heteroatoms. The predicted molar refractivity (Wildman–Crippen MR) is 68.2 cm³/mol. The van der Waals surface area contributed by atoms with E-state index in [0.29, 0.717) is 13.0 Å². The van der Waals surface area contributed by atoms with Crippen LogP contribution in [0.25, 0.3) is 0 Å². The summed E-state index contributed by atoms with van der Waals surface area (Å²) in [6.07, 6.45) is 4.21. The summed E-state index contributed by atoms with van der Waals surface area (Å²) in [5, 5.41) is 14.8. The van der Waals surface area contributed by atoms with Crippen LogP contribution in [0.5, 0.6) is 0 Å². The third-order valence-corrected chi connectivity index (χ3v) is 3.54. The van der Waals surface area contributed by atoms with Crippen LogP contribution in [0, 0.1) is 5.92 Å². The van der Waals surface area contributed by atoms with Crippen LogP contribution >= 0.6 is 11.8 Å². The quantitative estimate of drug-likeness (QED) is 0.640. The number of piperidine rings is 1. The Balaban J connectivity index is 2.42. The van der Waals surface area contributed by atoms with Gasteiger partial charge < -0.3 is 15.7 Å². The number of aliphatic carboxylic acids is 1. The molecule has 1 fully saturated rings. The Morgan fingerprint density at radius 3 is 2.88 bits per heavy atom. The van der Waals surface area contributed by atoms with E-state index >= 15 is 0 Å². The van der Waals surface area contributed by atoms with Gasteiger partial charge in [0.25, 0.3) is 0 Å². The van der Waals surface area contributed by atoms with E-state index in [1.54, 1.807) is 11.8 Å². The van der Waals surface area contributed by atoms with E-state index in [1.165, 1.54) is 0 Å². The van der Waals surface area contributed by atoms with Crippen LogP contribution in [0.15, 0.2) is 0 Å². The molecule has 0 radical (unpaired) electrons. The van der Waals surface area contributed by atoms with Gasteiger partial charge in [-0.3, -0.25) is 4.79 Å². The molecule has 0 aromatic heterocycles. The third-order valence-electron chi connectivity index (χ3n) is 2.89. The summed E-state index contributed by atoms with van der Waals surface area (Å²) >= 11 is 1.58. The van der Waals surface area contributed by atoms with Gasteiger partial charge in [-0.15, -0.1) is 0 Å². The Labute approximate surface area is 106 Å². The summed E-state index contributed by atoms with van der Waals surface area (Å²) in [5.74, 6) is -0.429. The first-order valence-electron chi connectivity index (χ1n) is 5.88. The van der Waals surface area contributed by atoms with Gasteiger partial charge in [-0.1, -0.05) is 0 Å². The average molecular weight is 260 g/mol. The van der Waals surface area contributed by atoms with E-state index < -0.39 is 12.0 Å². The highest BCUT2D eigenvalue weighted by atomic mass is 32.2. The minimum absolute atomic E-state index is 0.0834. The van der Waals surface area contributed by atoms with E-state index in [2.05, 4.69) is 10.6 Å². The number of carbonyl (C=O) groups is 2. The first-order valence-corrected chi connectivity index (χ1v) is 7.27. The molecule has 0 aliphatic carbocycles. The minimum atomic E-state index is -0.948. The van der Waals surface area contributed by atoms with Crippen molar-refractivity contribution in [3.05, 3.63) is 0 Å². The summed E-state index contributed by atoms with van der Waals surface area (Å²) in [7, 11) is 0. The smallest absolute Gasteiger partial charge is 0.326 e. The van der Waals surface area contributed by atoms with E-state index in [1.807, 2.05) is 6.26 Å². The van der Waals surface area contributed by atoms with Gasteiger partial charge in [-0.05, 0) is 37.8 Å². The number of hydrogen-bond acceptors (Lipinski definition) is 4. The molecule has 0 spiro atoms. The lowest BCUT2D eigenvalue weighted by Crippen LogP contribution is -2.47. The topological polar surface area (TPSA) is 78.4 Å². The van der Waals surface area contributed by atoms with Crippen LogP contribution in [0.1, 0.15) is 19.3 Å². The number of carboxylic acids is 1.